The summed E-state index contributed by atoms with van der Waals surface area (Å²) in [7, 11) is 2.11. The van der Waals surface area contributed by atoms with E-state index >= 15 is 0 Å². The highest BCUT2D eigenvalue weighted by molar-refractivity contribution is 6.10. The van der Waals surface area contributed by atoms with Crippen molar-refractivity contribution in [2.75, 3.05) is 0 Å². The lowest BCUT2D eigenvalue weighted by atomic mass is 9.88. The standard InChI is InChI=1S/C49H42N3O/c1-31(2)42-28-38(34-16-10-7-11-17-34)29-43(32(3)4)46(42)52-48(50-44-20-13-27-51(5)49(44)52)41-19-12-18-40-39-26-25-37(30-45(39)53-47(40)41)36-23-21-35(22-24-36)33-14-8-6-9-15-33/h6-32H,1-5H3/q+1. The summed E-state index contributed by atoms with van der Waals surface area (Å²) in [5, 5.41) is 2.18. The number of rotatable bonds is 7. The molecular weight excluding hydrogens is 647 g/mol. The van der Waals surface area contributed by atoms with E-state index in [4.69, 9.17) is 9.40 Å². The Bertz CT molecular complexity index is 2740. The summed E-state index contributed by atoms with van der Waals surface area (Å²) >= 11 is 0. The van der Waals surface area contributed by atoms with Gasteiger partial charge in [-0.15, -0.1) is 0 Å². The molecule has 258 valence electrons. The van der Waals surface area contributed by atoms with E-state index in [1.807, 2.05) is 0 Å². The highest BCUT2D eigenvalue weighted by atomic mass is 16.3. The zero-order valence-electron chi connectivity index (χ0n) is 30.8. The number of nitrogens with zero attached hydrogens (tertiary/aromatic N) is 3. The number of hydrogen-bond acceptors (Lipinski definition) is 2. The Hall–Kier alpha value is -6.26. The van der Waals surface area contributed by atoms with Crippen LogP contribution in [0.4, 0.5) is 0 Å². The van der Waals surface area contributed by atoms with Crippen LogP contribution in [0.1, 0.15) is 50.7 Å². The SMILES string of the molecule is CC(C)c1cc(-c2ccccc2)cc(C(C)C)c1-n1c(-c2cccc3c2oc2cc(-c4ccc(-c5ccccc5)cc4)ccc23)nc2ccc[n+](C)c21. The maximum Gasteiger partial charge on any atom is 0.314 e. The maximum absolute atomic E-state index is 6.88. The van der Waals surface area contributed by atoms with E-state index in [2.05, 4.69) is 196 Å². The second-order valence-corrected chi connectivity index (χ2v) is 14.7. The van der Waals surface area contributed by atoms with Gasteiger partial charge in [-0.3, -0.25) is 0 Å². The number of imidazole rings is 1. The van der Waals surface area contributed by atoms with Crippen LogP contribution in [0.2, 0.25) is 0 Å². The first-order valence-electron chi connectivity index (χ1n) is 18.6. The summed E-state index contributed by atoms with van der Waals surface area (Å²) in [4.78, 5) is 5.40. The summed E-state index contributed by atoms with van der Waals surface area (Å²) in [6.07, 6.45) is 2.11. The molecule has 9 rings (SSSR count). The molecule has 0 amide bonds. The van der Waals surface area contributed by atoms with E-state index < -0.39 is 0 Å². The van der Waals surface area contributed by atoms with Crippen LogP contribution in [0.25, 0.3) is 83.6 Å². The predicted octanol–water partition coefficient (Wildman–Crippen LogP) is 12.7. The maximum atomic E-state index is 6.88. The third-order valence-electron chi connectivity index (χ3n) is 10.6. The third-order valence-corrected chi connectivity index (χ3v) is 10.6. The number of para-hydroxylation sites is 1. The molecule has 3 aromatic heterocycles. The molecule has 0 aliphatic carbocycles. The third kappa shape index (κ3) is 5.62. The van der Waals surface area contributed by atoms with Crippen molar-refractivity contribution in [1.82, 2.24) is 9.55 Å². The molecule has 0 bridgehead atoms. The molecular formula is C49H42N3O+. The minimum absolute atomic E-state index is 0.271. The van der Waals surface area contributed by atoms with Gasteiger partial charge in [-0.2, -0.15) is 4.57 Å². The summed E-state index contributed by atoms with van der Waals surface area (Å²) < 4.78 is 11.5. The second kappa shape index (κ2) is 13.1. The topological polar surface area (TPSA) is 34.8 Å². The number of fused-ring (bicyclic) bond motifs is 4. The Morgan fingerprint density at radius 1 is 0.547 bits per heavy atom. The van der Waals surface area contributed by atoms with Crippen molar-refractivity contribution < 1.29 is 8.98 Å². The monoisotopic (exact) mass is 688 g/mol. The van der Waals surface area contributed by atoms with E-state index in [1.165, 1.54) is 39.1 Å². The van der Waals surface area contributed by atoms with E-state index in [0.29, 0.717) is 0 Å². The fourth-order valence-corrected chi connectivity index (χ4v) is 7.86. The van der Waals surface area contributed by atoms with Gasteiger partial charge in [0.05, 0.1) is 18.8 Å². The quantitative estimate of drug-likeness (QED) is 0.156. The summed E-state index contributed by atoms with van der Waals surface area (Å²) in [6, 6.07) is 52.0. The molecule has 9 aromatic rings. The first-order valence-corrected chi connectivity index (χ1v) is 18.6. The number of furan rings is 1. The largest absolute Gasteiger partial charge is 0.455 e. The highest BCUT2D eigenvalue weighted by Gasteiger charge is 2.31. The lowest BCUT2D eigenvalue weighted by Gasteiger charge is -2.20. The van der Waals surface area contributed by atoms with Gasteiger partial charge in [-0.1, -0.05) is 131 Å². The Kier molecular flexibility index (Phi) is 8.04. The zero-order valence-corrected chi connectivity index (χ0v) is 30.8. The van der Waals surface area contributed by atoms with Crippen LogP contribution in [-0.2, 0) is 7.05 Å². The van der Waals surface area contributed by atoms with Crippen molar-refractivity contribution in [3.63, 3.8) is 0 Å². The molecule has 0 spiro atoms. The van der Waals surface area contributed by atoms with Crippen LogP contribution >= 0.6 is 0 Å². The Labute approximate surface area is 310 Å². The van der Waals surface area contributed by atoms with Crippen LogP contribution in [-0.4, -0.2) is 9.55 Å². The molecule has 0 saturated carbocycles. The van der Waals surface area contributed by atoms with Gasteiger partial charge < -0.3 is 4.42 Å². The van der Waals surface area contributed by atoms with Gasteiger partial charge in [-0.25, -0.2) is 9.55 Å². The molecule has 4 nitrogen and oxygen atoms in total. The first-order chi connectivity index (χ1) is 25.9. The van der Waals surface area contributed by atoms with E-state index in [0.717, 1.165) is 55.6 Å². The van der Waals surface area contributed by atoms with Crippen molar-refractivity contribution in [2.24, 2.45) is 7.05 Å². The van der Waals surface area contributed by atoms with Crippen LogP contribution in [0, 0.1) is 0 Å². The number of pyridine rings is 1. The fourth-order valence-electron chi connectivity index (χ4n) is 7.86. The highest BCUT2D eigenvalue weighted by Crippen LogP contribution is 2.42. The van der Waals surface area contributed by atoms with Crippen LogP contribution < -0.4 is 4.57 Å². The van der Waals surface area contributed by atoms with E-state index in [9.17, 15) is 0 Å². The van der Waals surface area contributed by atoms with Gasteiger partial charge in [0.2, 0.25) is 5.82 Å². The number of hydrogen-bond donors (Lipinski definition) is 0. The average Bonchev–Trinajstić information content (AvgIpc) is 3.77. The van der Waals surface area contributed by atoms with Crippen molar-refractivity contribution in [3.8, 4) is 50.5 Å². The molecule has 53 heavy (non-hydrogen) atoms. The molecule has 0 fully saturated rings. The van der Waals surface area contributed by atoms with Crippen LogP contribution in [0.5, 0.6) is 0 Å². The van der Waals surface area contributed by atoms with Gasteiger partial charge in [0.1, 0.15) is 16.9 Å². The van der Waals surface area contributed by atoms with Crippen LogP contribution in [0.15, 0.2) is 156 Å². The summed E-state index contributed by atoms with van der Waals surface area (Å²) in [6.45, 7) is 9.18. The minimum Gasteiger partial charge on any atom is -0.455 e. The van der Waals surface area contributed by atoms with Gasteiger partial charge >= 0.3 is 5.65 Å². The molecule has 0 saturated heterocycles. The minimum atomic E-state index is 0.271. The first kappa shape index (κ1) is 32.6. The van der Waals surface area contributed by atoms with E-state index in [-0.39, 0.29) is 11.8 Å². The van der Waals surface area contributed by atoms with Crippen molar-refractivity contribution in [1.29, 1.82) is 0 Å². The number of aromatic nitrogens is 3. The van der Waals surface area contributed by atoms with Crippen LogP contribution in [0.3, 0.4) is 0 Å². The Morgan fingerprint density at radius 3 is 1.77 bits per heavy atom. The summed E-state index contributed by atoms with van der Waals surface area (Å²) in [5.41, 5.74) is 15.6. The lowest BCUT2D eigenvalue weighted by Crippen LogP contribution is -2.30. The average molecular weight is 689 g/mol. The molecule has 0 unspecified atom stereocenters. The zero-order chi connectivity index (χ0) is 36.2. The smallest absolute Gasteiger partial charge is 0.314 e. The Balaban J connectivity index is 1.25. The molecule has 6 aromatic carbocycles. The fraction of sp³-hybridized carbons (Fsp3) is 0.143. The van der Waals surface area contributed by atoms with Crippen molar-refractivity contribution >= 4 is 33.1 Å². The molecule has 0 atom stereocenters. The molecule has 0 aliphatic rings. The predicted molar refractivity (Wildman–Crippen MR) is 219 cm³/mol. The number of benzene rings is 6. The van der Waals surface area contributed by atoms with Crippen molar-refractivity contribution in [2.45, 2.75) is 39.5 Å². The molecule has 0 N–H and O–H groups in total. The number of aryl methyl sites for hydroxylation is 1. The second-order valence-electron chi connectivity index (χ2n) is 14.7. The van der Waals surface area contributed by atoms with Gasteiger partial charge in [0.15, 0.2) is 5.52 Å². The van der Waals surface area contributed by atoms with Gasteiger partial charge in [0.25, 0.3) is 0 Å². The van der Waals surface area contributed by atoms with Crippen molar-refractivity contribution in [3.05, 3.63) is 163 Å². The molecule has 0 aliphatic heterocycles. The molecule has 4 heteroatoms. The Morgan fingerprint density at radius 2 is 1.13 bits per heavy atom. The lowest BCUT2D eigenvalue weighted by molar-refractivity contribution is -0.647. The van der Waals surface area contributed by atoms with E-state index in [1.54, 1.807) is 0 Å². The van der Waals surface area contributed by atoms with Gasteiger partial charge in [0, 0.05) is 21.9 Å². The molecule has 0 radical (unpaired) electrons. The normalized spacial score (nSPS) is 11.8. The summed E-state index contributed by atoms with van der Waals surface area (Å²) in [5.74, 6) is 1.42. The molecule has 3 heterocycles. The van der Waals surface area contributed by atoms with Gasteiger partial charge in [-0.05, 0) is 87.7 Å².